The van der Waals surface area contributed by atoms with Crippen LogP contribution in [0.5, 0.6) is 0 Å². The van der Waals surface area contributed by atoms with Crippen LogP contribution >= 0.6 is 0 Å². The molecule has 0 spiro atoms. The van der Waals surface area contributed by atoms with Crippen molar-refractivity contribution < 1.29 is 0 Å². The summed E-state index contributed by atoms with van der Waals surface area (Å²) in [6.45, 7) is 9.91. The topological polar surface area (TPSA) is 0 Å². The molecule has 2 heteroatoms. The Morgan fingerprint density at radius 1 is 0.682 bits per heavy atom. The Bertz CT molecular complexity index is 567. The molecule has 0 N–H and O–H groups in total. The van der Waals surface area contributed by atoms with E-state index in [0.29, 0.717) is 0 Å². The second-order valence-electron chi connectivity index (χ2n) is 10.0. The van der Waals surface area contributed by atoms with Crippen LogP contribution in [0.4, 0.5) is 0 Å². The van der Waals surface area contributed by atoms with Crippen LogP contribution in [0.15, 0.2) is 31.4 Å². The zero-order chi connectivity index (χ0) is 17.1. The molecule has 1 aromatic rings. The number of rotatable bonds is 2. The molecule has 0 saturated carbocycles. The van der Waals surface area contributed by atoms with Crippen molar-refractivity contribution in [3.63, 3.8) is 0 Å². The van der Waals surface area contributed by atoms with E-state index in [4.69, 9.17) is 0 Å². The van der Waals surface area contributed by atoms with Gasteiger partial charge < -0.3 is 0 Å². The summed E-state index contributed by atoms with van der Waals surface area (Å²) >= 11 is -4.30. The van der Waals surface area contributed by atoms with E-state index in [0.717, 1.165) is 0 Å². The average molecular weight is 512 g/mol. The van der Waals surface area contributed by atoms with Crippen molar-refractivity contribution in [2.75, 3.05) is 0 Å². The first-order valence-electron chi connectivity index (χ1n) is 8.58. The van der Waals surface area contributed by atoms with Crippen LogP contribution in [0.25, 0.3) is 0 Å². The van der Waals surface area contributed by atoms with Crippen molar-refractivity contribution in [2.24, 2.45) is 0 Å². The minimum absolute atomic E-state index is 0.198. The molecule has 0 saturated heterocycles. The quantitative estimate of drug-likeness (QED) is 0.408. The molecule has 22 heavy (non-hydrogen) atoms. The van der Waals surface area contributed by atoms with Gasteiger partial charge in [0.25, 0.3) is 0 Å². The molecule has 0 radical (unpaired) electrons. The number of hydrogen-bond donors (Lipinski definition) is 0. The van der Waals surface area contributed by atoms with Gasteiger partial charge in [0, 0.05) is 0 Å². The van der Waals surface area contributed by atoms with Crippen LogP contribution in [0.3, 0.4) is 0 Å². The van der Waals surface area contributed by atoms with E-state index in [2.05, 4.69) is 81.6 Å². The van der Waals surface area contributed by atoms with Crippen LogP contribution in [0.2, 0.25) is 29.6 Å². The molecule has 0 aromatic heterocycles. The van der Waals surface area contributed by atoms with Crippen LogP contribution in [-0.4, -0.2) is 36.8 Å². The molecule has 0 fully saturated rings. The molecule has 1 aromatic carbocycles. The summed E-state index contributed by atoms with van der Waals surface area (Å²) in [6.07, 6.45) is 0. The van der Waals surface area contributed by atoms with Gasteiger partial charge in [-0.15, -0.1) is 0 Å². The molecule has 1 aliphatic carbocycles. The summed E-state index contributed by atoms with van der Waals surface area (Å²) in [4.78, 5) is 15.8. The van der Waals surface area contributed by atoms with Crippen molar-refractivity contribution in [3.05, 3.63) is 42.6 Å². The fraction of sp³-hybridized carbons (Fsp3) is 0.600. The fourth-order valence-electron chi connectivity index (χ4n) is 5.12. The molecule has 0 heterocycles. The first-order chi connectivity index (χ1) is 9.72. The van der Waals surface area contributed by atoms with Crippen molar-refractivity contribution in [3.8, 4) is 0 Å². The molecule has 0 aliphatic heterocycles. The first kappa shape index (κ1) is 18.9. The summed E-state index contributed by atoms with van der Waals surface area (Å²) in [5.74, 6) is 0. The number of benzene rings is 1. The summed E-state index contributed by atoms with van der Waals surface area (Å²) in [6, 6.07) is 9.19. The molecule has 0 amide bonds. The maximum absolute atomic E-state index is 2.63. The summed E-state index contributed by atoms with van der Waals surface area (Å²) in [7, 11) is 0. The Hall–Kier alpha value is 0.557. The van der Waals surface area contributed by atoms with Gasteiger partial charge in [-0.1, -0.05) is 0 Å². The SMILES string of the molecule is CC1(C)C(=[C]([Sn]([CH3])([CH3])[CH3])[Sn]([CH3])([CH3])[CH3])C(C)(C)c2ccccc21. The summed E-state index contributed by atoms with van der Waals surface area (Å²) < 4.78 is 2.04. The summed E-state index contributed by atoms with van der Waals surface area (Å²) in [5.41, 5.74) is 5.35. The third-order valence-electron chi connectivity index (χ3n) is 5.27. The van der Waals surface area contributed by atoms with E-state index in [9.17, 15) is 0 Å². The van der Waals surface area contributed by atoms with Gasteiger partial charge in [0.05, 0.1) is 0 Å². The van der Waals surface area contributed by atoms with Gasteiger partial charge in [0.1, 0.15) is 0 Å². The van der Waals surface area contributed by atoms with E-state index >= 15 is 0 Å². The number of fused-ring (bicyclic) bond motifs is 1. The third-order valence-corrected chi connectivity index (χ3v) is 44.0. The second kappa shape index (κ2) is 5.54. The first-order valence-corrected chi connectivity index (χ1v) is 28.6. The second-order valence-corrected chi connectivity index (χ2v) is 42.7. The van der Waals surface area contributed by atoms with Crippen LogP contribution in [0.1, 0.15) is 38.8 Å². The van der Waals surface area contributed by atoms with Crippen LogP contribution < -0.4 is 0 Å². The molecule has 0 atom stereocenters. The zero-order valence-electron chi connectivity index (χ0n) is 16.3. The van der Waals surface area contributed by atoms with Gasteiger partial charge in [-0.2, -0.15) is 0 Å². The molecule has 1 aliphatic rings. The van der Waals surface area contributed by atoms with E-state index < -0.39 is 36.8 Å². The van der Waals surface area contributed by atoms with Gasteiger partial charge in [0.15, 0.2) is 0 Å². The predicted molar refractivity (Wildman–Crippen MR) is 106 cm³/mol. The number of hydrogen-bond acceptors (Lipinski definition) is 0. The van der Waals surface area contributed by atoms with E-state index in [1.165, 1.54) is 0 Å². The van der Waals surface area contributed by atoms with Gasteiger partial charge in [-0.25, -0.2) is 0 Å². The maximum atomic E-state index is 2.63. The van der Waals surface area contributed by atoms with Gasteiger partial charge >= 0.3 is 147 Å². The van der Waals surface area contributed by atoms with E-state index in [1.54, 1.807) is 11.1 Å². The normalized spacial score (nSPS) is 20.0. The Morgan fingerprint density at radius 3 is 1.27 bits per heavy atom. The molecular formula is C20H34Sn2. The molecule has 0 nitrogen and oxygen atoms in total. The monoisotopic (exact) mass is 514 g/mol. The predicted octanol–water partition coefficient (Wildman–Crippen LogP) is 6.31. The molecule has 122 valence electrons. The van der Waals surface area contributed by atoms with Gasteiger partial charge in [0.2, 0.25) is 0 Å². The van der Waals surface area contributed by atoms with Gasteiger partial charge in [-0.05, 0) is 0 Å². The third kappa shape index (κ3) is 2.96. The van der Waals surface area contributed by atoms with E-state index in [1.807, 2.05) is 7.18 Å². The Morgan fingerprint density at radius 2 is 1.00 bits per heavy atom. The van der Waals surface area contributed by atoms with Crippen molar-refractivity contribution >= 4 is 36.8 Å². The zero-order valence-corrected chi connectivity index (χ0v) is 22.0. The molecular weight excluding hydrogens is 478 g/mol. The van der Waals surface area contributed by atoms with E-state index in [-0.39, 0.29) is 10.8 Å². The fourth-order valence-corrected chi connectivity index (χ4v) is 62.5. The number of allylic oxidation sites excluding steroid dienone is 1. The van der Waals surface area contributed by atoms with Crippen LogP contribution in [-0.2, 0) is 10.8 Å². The van der Waals surface area contributed by atoms with Crippen molar-refractivity contribution in [1.29, 1.82) is 0 Å². The summed E-state index contributed by atoms with van der Waals surface area (Å²) in [5, 5.41) is 0. The standard InChI is InChI=1S/C14H16.6CH3.2Sn/c1-10-13(2,3)11-8-6-7-9-12(11)14(10,4)5;;;;;;;;/h6-9H,2-5H3;6*1H3;;. The van der Waals surface area contributed by atoms with Crippen LogP contribution in [0, 0.1) is 0 Å². The van der Waals surface area contributed by atoms with Gasteiger partial charge in [-0.3, -0.25) is 0 Å². The van der Waals surface area contributed by atoms with Crippen molar-refractivity contribution in [1.82, 2.24) is 0 Å². The Kier molecular flexibility index (Phi) is 4.76. The molecule has 0 unspecified atom stereocenters. The Labute approximate surface area is 146 Å². The Balaban J connectivity index is 2.94. The molecule has 0 bridgehead atoms. The average Bonchev–Trinajstić information content (AvgIpc) is 2.45. The molecule has 2 rings (SSSR count). The minimum atomic E-state index is -2.15. The van der Waals surface area contributed by atoms with Crippen molar-refractivity contribution in [2.45, 2.75) is 68.2 Å².